The first-order valence-corrected chi connectivity index (χ1v) is 8.40. The lowest BCUT2D eigenvalue weighted by atomic mass is 10.1. The summed E-state index contributed by atoms with van der Waals surface area (Å²) in [6, 6.07) is 13.8. The fourth-order valence-electron chi connectivity index (χ4n) is 2.25. The van der Waals surface area contributed by atoms with Gasteiger partial charge in [0.05, 0.1) is 16.7 Å². The van der Waals surface area contributed by atoms with Crippen LogP contribution in [0, 0.1) is 10.1 Å². The van der Waals surface area contributed by atoms with E-state index < -0.39 is 10.8 Å². The lowest BCUT2D eigenvalue weighted by Crippen LogP contribution is -2.17. The van der Waals surface area contributed by atoms with Crippen molar-refractivity contribution in [3.05, 3.63) is 80.5 Å². The van der Waals surface area contributed by atoms with Crippen molar-refractivity contribution in [2.45, 2.75) is 0 Å². The number of phenols is 1. The summed E-state index contributed by atoms with van der Waals surface area (Å²) in [6.07, 6.45) is 1.29. The smallest absolute Gasteiger partial charge is 0.275 e. The van der Waals surface area contributed by atoms with Gasteiger partial charge in [0, 0.05) is 22.2 Å². The van der Waals surface area contributed by atoms with E-state index >= 15 is 0 Å². The maximum atomic E-state index is 12.0. The minimum absolute atomic E-state index is 0.0415. The lowest BCUT2D eigenvalue weighted by molar-refractivity contribution is -0.384. The van der Waals surface area contributed by atoms with E-state index in [0.717, 1.165) is 0 Å². The van der Waals surface area contributed by atoms with Gasteiger partial charge in [-0.05, 0) is 30.3 Å². The molecule has 0 radical (unpaired) electrons. The quantitative estimate of drug-likeness (QED) is 0.359. The molecule has 3 aromatic rings. The lowest BCUT2D eigenvalue weighted by Gasteiger charge is -2.03. The van der Waals surface area contributed by atoms with Crippen LogP contribution in [0.2, 0.25) is 0 Å². The zero-order valence-electron chi connectivity index (χ0n) is 13.6. The number of furan rings is 1. The Morgan fingerprint density at radius 1 is 1.22 bits per heavy atom. The molecule has 0 unspecified atom stereocenters. The fourth-order valence-corrected chi connectivity index (χ4v) is 2.62. The van der Waals surface area contributed by atoms with Crippen molar-refractivity contribution in [3.63, 3.8) is 0 Å². The molecule has 0 atom stereocenters. The van der Waals surface area contributed by atoms with E-state index in [4.69, 9.17) is 4.42 Å². The van der Waals surface area contributed by atoms with Crippen molar-refractivity contribution >= 4 is 33.7 Å². The molecule has 1 amide bonds. The van der Waals surface area contributed by atoms with Crippen LogP contribution >= 0.6 is 15.9 Å². The molecular formula is C18H12BrN3O5. The first kappa shape index (κ1) is 18.3. The number of nitro benzene ring substituents is 1. The standard InChI is InChI=1S/C18H12BrN3O5/c19-12-4-6-16(23)15(9-12)18(24)21-20-10-14-5-7-17(27-14)11-2-1-3-13(8-11)22(25)26/h1-10,23H,(H,21,24)/b20-10-. The third kappa shape index (κ3) is 4.39. The summed E-state index contributed by atoms with van der Waals surface area (Å²) in [4.78, 5) is 22.4. The van der Waals surface area contributed by atoms with Crippen LogP contribution in [0.3, 0.4) is 0 Å². The second-order valence-electron chi connectivity index (χ2n) is 5.37. The summed E-state index contributed by atoms with van der Waals surface area (Å²) in [5, 5.41) is 24.4. The predicted molar refractivity (Wildman–Crippen MR) is 102 cm³/mol. The van der Waals surface area contributed by atoms with Crippen LogP contribution in [0.15, 0.2) is 68.6 Å². The van der Waals surface area contributed by atoms with Crippen molar-refractivity contribution in [1.29, 1.82) is 0 Å². The molecular weight excluding hydrogens is 418 g/mol. The number of nitro groups is 1. The van der Waals surface area contributed by atoms with E-state index in [9.17, 15) is 20.0 Å². The van der Waals surface area contributed by atoms with Gasteiger partial charge in [-0.3, -0.25) is 14.9 Å². The number of benzene rings is 2. The average molecular weight is 430 g/mol. The Morgan fingerprint density at radius 2 is 2.04 bits per heavy atom. The molecule has 3 rings (SSSR count). The average Bonchev–Trinajstić information content (AvgIpc) is 3.12. The van der Waals surface area contributed by atoms with Gasteiger partial charge in [-0.1, -0.05) is 28.1 Å². The predicted octanol–water partition coefficient (Wildman–Crippen LogP) is 4.09. The second-order valence-corrected chi connectivity index (χ2v) is 6.29. The Hall–Kier alpha value is -3.46. The Balaban J connectivity index is 1.70. The summed E-state index contributed by atoms with van der Waals surface area (Å²) in [7, 11) is 0. The molecule has 0 saturated carbocycles. The van der Waals surface area contributed by atoms with Crippen molar-refractivity contribution < 1.29 is 19.2 Å². The highest BCUT2D eigenvalue weighted by atomic mass is 79.9. The third-order valence-electron chi connectivity index (χ3n) is 3.53. The Kier molecular flexibility index (Phi) is 5.32. The molecule has 0 aliphatic rings. The van der Waals surface area contributed by atoms with Crippen LogP contribution < -0.4 is 5.43 Å². The van der Waals surface area contributed by atoms with E-state index in [1.54, 1.807) is 30.3 Å². The summed E-state index contributed by atoms with van der Waals surface area (Å²) in [6.45, 7) is 0. The van der Waals surface area contributed by atoms with Crippen molar-refractivity contribution in [2.24, 2.45) is 5.10 Å². The van der Waals surface area contributed by atoms with Gasteiger partial charge in [0.25, 0.3) is 11.6 Å². The van der Waals surface area contributed by atoms with Gasteiger partial charge in [0.15, 0.2) is 0 Å². The maximum Gasteiger partial charge on any atom is 0.275 e. The van der Waals surface area contributed by atoms with Gasteiger partial charge in [-0.2, -0.15) is 5.10 Å². The van der Waals surface area contributed by atoms with E-state index in [1.807, 2.05) is 0 Å². The minimum Gasteiger partial charge on any atom is -0.507 e. The van der Waals surface area contributed by atoms with Gasteiger partial charge in [0.1, 0.15) is 17.3 Å². The highest BCUT2D eigenvalue weighted by molar-refractivity contribution is 9.10. The number of rotatable bonds is 5. The Morgan fingerprint density at radius 3 is 2.81 bits per heavy atom. The summed E-state index contributed by atoms with van der Waals surface area (Å²) in [5.41, 5.74) is 2.86. The third-order valence-corrected chi connectivity index (χ3v) is 4.02. The molecule has 8 nitrogen and oxygen atoms in total. The maximum absolute atomic E-state index is 12.0. The molecule has 1 heterocycles. The number of aromatic hydroxyl groups is 1. The first-order valence-electron chi connectivity index (χ1n) is 7.60. The molecule has 2 N–H and O–H groups in total. The summed E-state index contributed by atoms with van der Waals surface area (Å²) >= 11 is 3.22. The van der Waals surface area contributed by atoms with E-state index in [2.05, 4.69) is 26.5 Å². The molecule has 0 aliphatic carbocycles. The topological polar surface area (TPSA) is 118 Å². The number of amides is 1. The summed E-state index contributed by atoms with van der Waals surface area (Å²) in [5.74, 6) is 0.0127. The monoisotopic (exact) mass is 429 g/mol. The number of phenolic OH excluding ortho intramolecular Hbond substituents is 1. The Bertz CT molecular complexity index is 1040. The second kappa shape index (κ2) is 7.83. The molecule has 0 fully saturated rings. The molecule has 136 valence electrons. The van der Waals surface area contributed by atoms with Crippen LogP contribution in [0.4, 0.5) is 5.69 Å². The number of carbonyl (C=O) groups excluding carboxylic acids is 1. The molecule has 0 saturated heterocycles. The van der Waals surface area contributed by atoms with Gasteiger partial charge in [-0.25, -0.2) is 5.43 Å². The SMILES string of the molecule is O=C(N/N=C\c1ccc(-c2cccc([N+](=O)[O-])c2)o1)c1cc(Br)ccc1O. The Labute approximate surface area is 161 Å². The van der Waals surface area contributed by atoms with E-state index in [1.165, 1.54) is 30.5 Å². The first-order chi connectivity index (χ1) is 12.9. The van der Waals surface area contributed by atoms with Gasteiger partial charge in [0.2, 0.25) is 0 Å². The fraction of sp³-hybridized carbons (Fsp3) is 0. The number of non-ortho nitro benzene ring substituents is 1. The van der Waals surface area contributed by atoms with Crippen molar-refractivity contribution in [3.8, 4) is 17.1 Å². The van der Waals surface area contributed by atoms with Crippen LogP contribution in [-0.4, -0.2) is 22.2 Å². The van der Waals surface area contributed by atoms with Gasteiger partial charge >= 0.3 is 0 Å². The molecule has 0 aliphatic heterocycles. The number of hydrazone groups is 1. The molecule has 9 heteroatoms. The highest BCUT2D eigenvalue weighted by Crippen LogP contribution is 2.25. The van der Waals surface area contributed by atoms with Crippen LogP contribution in [0.1, 0.15) is 16.1 Å². The van der Waals surface area contributed by atoms with Crippen molar-refractivity contribution in [2.75, 3.05) is 0 Å². The molecule has 1 aromatic heterocycles. The number of hydrogen-bond donors (Lipinski definition) is 2. The van der Waals surface area contributed by atoms with Crippen LogP contribution in [0.25, 0.3) is 11.3 Å². The largest absolute Gasteiger partial charge is 0.507 e. The zero-order chi connectivity index (χ0) is 19.4. The molecule has 0 spiro atoms. The van der Waals surface area contributed by atoms with E-state index in [-0.39, 0.29) is 17.0 Å². The molecule has 27 heavy (non-hydrogen) atoms. The minimum atomic E-state index is -0.587. The number of hydrogen-bond acceptors (Lipinski definition) is 6. The number of nitrogens with one attached hydrogen (secondary N) is 1. The number of nitrogens with zero attached hydrogens (tertiary/aromatic N) is 2. The molecule has 0 bridgehead atoms. The number of halogens is 1. The van der Waals surface area contributed by atoms with Crippen LogP contribution in [-0.2, 0) is 0 Å². The van der Waals surface area contributed by atoms with Crippen molar-refractivity contribution in [1.82, 2.24) is 5.43 Å². The van der Waals surface area contributed by atoms with Gasteiger partial charge < -0.3 is 9.52 Å². The van der Waals surface area contributed by atoms with Gasteiger partial charge in [-0.15, -0.1) is 0 Å². The highest BCUT2D eigenvalue weighted by Gasteiger charge is 2.11. The van der Waals surface area contributed by atoms with Crippen LogP contribution in [0.5, 0.6) is 5.75 Å². The summed E-state index contributed by atoms with van der Waals surface area (Å²) < 4.78 is 6.20. The van der Waals surface area contributed by atoms with E-state index in [0.29, 0.717) is 21.6 Å². The number of carbonyl (C=O) groups is 1. The molecule has 2 aromatic carbocycles. The normalized spacial score (nSPS) is 10.9. The zero-order valence-corrected chi connectivity index (χ0v) is 15.2.